The number of benzene rings is 1. The van der Waals surface area contributed by atoms with Crippen LogP contribution in [0.3, 0.4) is 0 Å². The number of aryl methyl sites for hydroxylation is 2. The van der Waals surface area contributed by atoms with Gasteiger partial charge in [0.25, 0.3) is 0 Å². The largest absolute Gasteiger partial charge is 0.336 e. The van der Waals surface area contributed by atoms with Gasteiger partial charge in [-0.2, -0.15) is 0 Å². The summed E-state index contributed by atoms with van der Waals surface area (Å²) in [7, 11) is 1.96. The monoisotopic (exact) mass is 201 g/mol. The van der Waals surface area contributed by atoms with Crippen molar-refractivity contribution in [2.24, 2.45) is 12.8 Å². The van der Waals surface area contributed by atoms with Gasteiger partial charge in [-0.1, -0.05) is 29.8 Å². The van der Waals surface area contributed by atoms with Gasteiger partial charge in [0.1, 0.15) is 5.82 Å². The van der Waals surface area contributed by atoms with Gasteiger partial charge < -0.3 is 10.3 Å². The maximum Gasteiger partial charge on any atom is 0.129 e. The summed E-state index contributed by atoms with van der Waals surface area (Å²) in [6.45, 7) is 2.06. The van der Waals surface area contributed by atoms with Gasteiger partial charge in [-0.15, -0.1) is 0 Å². The van der Waals surface area contributed by atoms with Crippen LogP contribution < -0.4 is 5.73 Å². The summed E-state index contributed by atoms with van der Waals surface area (Å²) in [5.74, 6) is 0.889. The molecule has 0 aliphatic carbocycles. The summed E-state index contributed by atoms with van der Waals surface area (Å²) >= 11 is 0. The van der Waals surface area contributed by atoms with E-state index < -0.39 is 0 Å². The number of hydrogen-bond acceptors (Lipinski definition) is 2. The highest BCUT2D eigenvalue weighted by Gasteiger charge is 2.12. The highest BCUT2D eigenvalue weighted by molar-refractivity contribution is 5.28. The third-order valence-corrected chi connectivity index (χ3v) is 2.54. The van der Waals surface area contributed by atoms with Gasteiger partial charge in [-0.3, -0.25) is 0 Å². The maximum atomic E-state index is 6.15. The summed E-state index contributed by atoms with van der Waals surface area (Å²) in [4.78, 5) is 4.26. The molecule has 1 heterocycles. The van der Waals surface area contributed by atoms with Crippen molar-refractivity contribution >= 4 is 0 Å². The van der Waals surface area contributed by atoms with Crippen molar-refractivity contribution < 1.29 is 0 Å². The van der Waals surface area contributed by atoms with Crippen LogP contribution in [0.1, 0.15) is 23.0 Å². The third kappa shape index (κ3) is 1.92. The number of hydrogen-bond donors (Lipinski definition) is 1. The number of nitrogens with zero attached hydrogens (tertiary/aromatic N) is 2. The molecule has 15 heavy (non-hydrogen) atoms. The minimum absolute atomic E-state index is 0.148. The second-order valence-electron chi connectivity index (χ2n) is 3.79. The fourth-order valence-electron chi connectivity index (χ4n) is 1.69. The number of nitrogens with two attached hydrogens (primary N) is 1. The quantitative estimate of drug-likeness (QED) is 0.804. The Hall–Kier alpha value is -1.61. The molecule has 0 saturated heterocycles. The number of rotatable bonds is 2. The molecular weight excluding hydrogens is 186 g/mol. The van der Waals surface area contributed by atoms with E-state index in [1.54, 1.807) is 6.20 Å². The zero-order valence-corrected chi connectivity index (χ0v) is 9.01. The van der Waals surface area contributed by atoms with Crippen molar-refractivity contribution in [2.75, 3.05) is 0 Å². The highest BCUT2D eigenvalue weighted by Crippen LogP contribution is 2.18. The van der Waals surface area contributed by atoms with Crippen LogP contribution in [-0.2, 0) is 7.05 Å². The van der Waals surface area contributed by atoms with Crippen molar-refractivity contribution in [1.82, 2.24) is 9.55 Å². The molecule has 78 valence electrons. The molecule has 0 spiro atoms. The Bertz CT molecular complexity index is 459. The normalized spacial score (nSPS) is 12.7. The minimum Gasteiger partial charge on any atom is -0.336 e. The fourth-order valence-corrected chi connectivity index (χ4v) is 1.69. The van der Waals surface area contributed by atoms with Gasteiger partial charge in [0.15, 0.2) is 0 Å². The molecule has 0 bridgehead atoms. The van der Waals surface area contributed by atoms with E-state index in [0.29, 0.717) is 0 Å². The Kier molecular flexibility index (Phi) is 2.56. The maximum absolute atomic E-state index is 6.15. The van der Waals surface area contributed by atoms with Crippen molar-refractivity contribution in [2.45, 2.75) is 13.0 Å². The Morgan fingerprint density at radius 2 is 2.20 bits per heavy atom. The van der Waals surface area contributed by atoms with Gasteiger partial charge in [-0.25, -0.2) is 4.98 Å². The predicted octanol–water partition coefficient (Wildman–Crippen LogP) is 1.78. The van der Waals surface area contributed by atoms with E-state index in [1.807, 2.05) is 29.9 Å². The first-order chi connectivity index (χ1) is 7.18. The zero-order chi connectivity index (χ0) is 10.8. The number of aromatic nitrogens is 2. The SMILES string of the molecule is Cc1cccc([C@@H](N)c2nccn2C)c1. The molecular formula is C12H15N3. The lowest BCUT2D eigenvalue weighted by atomic mass is 10.0. The van der Waals surface area contributed by atoms with E-state index in [-0.39, 0.29) is 6.04 Å². The van der Waals surface area contributed by atoms with Gasteiger partial charge in [-0.05, 0) is 12.5 Å². The van der Waals surface area contributed by atoms with Crippen LogP contribution in [-0.4, -0.2) is 9.55 Å². The molecule has 1 aromatic carbocycles. The molecule has 3 nitrogen and oxygen atoms in total. The summed E-state index contributed by atoms with van der Waals surface area (Å²) in [5, 5.41) is 0. The summed E-state index contributed by atoms with van der Waals surface area (Å²) in [6, 6.07) is 8.07. The van der Waals surface area contributed by atoms with E-state index in [0.717, 1.165) is 11.4 Å². The molecule has 2 aromatic rings. The van der Waals surface area contributed by atoms with Crippen LogP contribution in [0.4, 0.5) is 0 Å². The predicted molar refractivity (Wildman–Crippen MR) is 60.4 cm³/mol. The molecule has 2 rings (SSSR count). The molecule has 1 atom stereocenters. The lowest BCUT2D eigenvalue weighted by Gasteiger charge is -2.12. The van der Waals surface area contributed by atoms with E-state index in [1.165, 1.54) is 5.56 Å². The van der Waals surface area contributed by atoms with Crippen molar-refractivity contribution in [3.63, 3.8) is 0 Å². The van der Waals surface area contributed by atoms with Gasteiger partial charge in [0, 0.05) is 19.4 Å². The van der Waals surface area contributed by atoms with E-state index in [4.69, 9.17) is 5.73 Å². The van der Waals surface area contributed by atoms with Crippen molar-refractivity contribution in [3.8, 4) is 0 Å². The Morgan fingerprint density at radius 3 is 2.80 bits per heavy atom. The van der Waals surface area contributed by atoms with Crippen molar-refractivity contribution in [1.29, 1.82) is 0 Å². The molecule has 0 unspecified atom stereocenters. The van der Waals surface area contributed by atoms with Crippen LogP contribution in [0.25, 0.3) is 0 Å². The molecule has 0 saturated carbocycles. The summed E-state index contributed by atoms with van der Waals surface area (Å²) in [6.07, 6.45) is 3.68. The van der Waals surface area contributed by atoms with Crippen LogP contribution in [0, 0.1) is 6.92 Å². The smallest absolute Gasteiger partial charge is 0.129 e. The van der Waals surface area contributed by atoms with Crippen molar-refractivity contribution in [3.05, 3.63) is 53.6 Å². The third-order valence-electron chi connectivity index (χ3n) is 2.54. The first-order valence-corrected chi connectivity index (χ1v) is 4.98. The van der Waals surface area contributed by atoms with E-state index in [2.05, 4.69) is 24.0 Å². The highest BCUT2D eigenvalue weighted by atomic mass is 15.1. The van der Waals surface area contributed by atoms with Crippen LogP contribution >= 0.6 is 0 Å². The average Bonchev–Trinajstić information content (AvgIpc) is 2.63. The van der Waals surface area contributed by atoms with E-state index >= 15 is 0 Å². The Labute approximate surface area is 89.6 Å². The fraction of sp³-hybridized carbons (Fsp3) is 0.250. The lowest BCUT2D eigenvalue weighted by molar-refractivity contribution is 0.716. The molecule has 3 heteroatoms. The second-order valence-corrected chi connectivity index (χ2v) is 3.79. The molecule has 0 fully saturated rings. The number of imidazole rings is 1. The lowest BCUT2D eigenvalue weighted by Crippen LogP contribution is -2.16. The van der Waals surface area contributed by atoms with E-state index in [9.17, 15) is 0 Å². The van der Waals surface area contributed by atoms with Crippen LogP contribution in [0.2, 0.25) is 0 Å². The van der Waals surface area contributed by atoms with Gasteiger partial charge in [0.05, 0.1) is 6.04 Å². The molecule has 2 N–H and O–H groups in total. The van der Waals surface area contributed by atoms with Gasteiger partial charge in [0.2, 0.25) is 0 Å². The molecule has 0 radical (unpaired) electrons. The molecule has 1 aromatic heterocycles. The summed E-state index contributed by atoms with van der Waals surface area (Å²) < 4.78 is 1.95. The minimum atomic E-state index is -0.148. The second kappa shape index (κ2) is 3.87. The standard InChI is InChI=1S/C12H15N3/c1-9-4-3-5-10(8-9)11(13)12-14-6-7-15(12)2/h3-8,11H,13H2,1-2H3/t11-/m1/s1. The van der Waals surface area contributed by atoms with Crippen LogP contribution in [0.5, 0.6) is 0 Å². The Morgan fingerprint density at radius 1 is 1.40 bits per heavy atom. The zero-order valence-electron chi connectivity index (χ0n) is 9.01. The Balaban J connectivity index is 2.36. The topological polar surface area (TPSA) is 43.8 Å². The molecule has 0 amide bonds. The summed E-state index contributed by atoms with van der Waals surface area (Å²) in [5.41, 5.74) is 8.47. The first kappa shape index (κ1) is 9.93. The molecule has 0 aliphatic heterocycles. The average molecular weight is 201 g/mol. The first-order valence-electron chi connectivity index (χ1n) is 4.98. The molecule has 0 aliphatic rings. The van der Waals surface area contributed by atoms with Gasteiger partial charge >= 0.3 is 0 Å². The van der Waals surface area contributed by atoms with Crippen LogP contribution in [0.15, 0.2) is 36.7 Å².